The van der Waals surface area contributed by atoms with Gasteiger partial charge in [-0.1, -0.05) is 0 Å². The number of benzene rings is 1. The minimum atomic E-state index is -3.31. The van der Waals surface area contributed by atoms with Gasteiger partial charge in [-0.05, 0) is 18.2 Å². The predicted molar refractivity (Wildman–Crippen MR) is 57.2 cm³/mol. The number of nitrogens with one attached hydrogen (secondary N) is 1. The van der Waals surface area contributed by atoms with Gasteiger partial charge in [-0.25, -0.2) is 17.5 Å². The molecule has 88 valence electrons. The van der Waals surface area contributed by atoms with Crippen molar-refractivity contribution in [1.82, 2.24) is 4.72 Å². The van der Waals surface area contributed by atoms with Crippen molar-refractivity contribution in [3.8, 4) is 5.75 Å². The lowest BCUT2D eigenvalue weighted by Gasteiger charge is -2.25. The Balaban J connectivity index is 2.35. The Kier molecular flexibility index (Phi) is 2.86. The first-order valence-corrected chi connectivity index (χ1v) is 6.74. The van der Waals surface area contributed by atoms with E-state index in [1.165, 1.54) is 18.2 Å². The van der Waals surface area contributed by atoms with Crippen LogP contribution in [-0.2, 0) is 10.0 Å². The van der Waals surface area contributed by atoms with E-state index in [0.717, 1.165) is 6.26 Å². The van der Waals surface area contributed by atoms with E-state index in [0.29, 0.717) is 24.3 Å². The zero-order valence-electron chi connectivity index (χ0n) is 8.73. The Morgan fingerprint density at radius 2 is 2.25 bits per heavy atom. The van der Waals surface area contributed by atoms with Crippen molar-refractivity contribution in [2.75, 3.05) is 12.9 Å². The third kappa shape index (κ3) is 2.51. The largest absolute Gasteiger partial charge is 0.493 e. The fraction of sp³-hybridized carbons (Fsp3) is 0.400. The van der Waals surface area contributed by atoms with E-state index in [4.69, 9.17) is 4.74 Å². The summed E-state index contributed by atoms with van der Waals surface area (Å²) in [6.45, 7) is 0.422. The van der Waals surface area contributed by atoms with Gasteiger partial charge in [0.2, 0.25) is 10.0 Å². The Morgan fingerprint density at radius 3 is 2.94 bits per heavy atom. The second kappa shape index (κ2) is 4.03. The van der Waals surface area contributed by atoms with Crippen LogP contribution in [0, 0.1) is 5.82 Å². The second-order valence-corrected chi connectivity index (χ2v) is 5.54. The quantitative estimate of drug-likeness (QED) is 0.851. The van der Waals surface area contributed by atoms with Crippen LogP contribution in [0.5, 0.6) is 5.75 Å². The topological polar surface area (TPSA) is 55.4 Å². The van der Waals surface area contributed by atoms with Crippen LogP contribution in [-0.4, -0.2) is 21.3 Å². The lowest BCUT2D eigenvalue weighted by Crippen LogP contribution is -2.31. The molecular weight excluding hydrogens is 233 g/mol. The molecule has 0 radical (unpaired) electrons. The lowest BCUT2D eigenvalue weighted by molar-refractivity contribution is 0.262. The summed E-state index contributed by atoms with van der Waals surface area (Å²) in [6.07, 6.45) is 1.59. The minimum absolute atomic E-state index is 0.399. The number of hydrogen-bond acceptors (Lipinski definition) is 3. The molecule has 0 bridgehead atoms. The molecule has 0 aliphatic carbocycles. The van der Waals surface area contributed by atoms with Crippen molar-refractivity contribution in [2.24, 2.45) is 0 Å². The number of sulfonamides is 1. The summed E-state index contributed by atoms with van der Waals surface area (Å²) in [4.78, 5) is 0. The smallest absolute Gasteiger partial charge is 0.209 e. The molecule has 0 aromatic heterocycles. The predicted octanol–water partition coefficient (Wildman–Crippen LogP) is 1.20. The first kappa shape index (κ1) is 11.3. The van der Waals surface area contributed by atoms with Crippen molar-refractivity contribution >= 4 is 10.0 Å². The standard InChI is InChI=1S/C10H12FNO3S/c1-16(13,14)12-9-4-5-15-10-3-2-7(11)6-8(9)10/h2-3,6,9,12H,4-5H2,1H3. The highest BCUT2D eigenvalue weighted by Gasteiger charge is 2.24. The molecule has 1 aromatic carbocycles. The van der Waals surface area contributed by atoms with Gasteiger partial charge in [0.15, 0.2) is 0 Å². The van der Waals surface area contributed by atoms with Crippen molar-refractivity contribution in [2.45, 2.75) is 12.5 Å². The zero-order valence-corrected chi connectivity index (χ0v) is 9.55. The normalized spacial score (nSPS) is 20.0. The van der Waals surface area contributed by atoms with E-state index in [1.807, 2.05) is 0 Å². The summed E-state index contributed by atoms with van der Waals surface area (Å²) < 4.78 is 43.2. The molecule has 1 N–H and O–H groups in total. The van der Waals surface area contributed by atoms with Gasteiger partial charge in [-0.3, -0.25) is 0 Å². The lowest BCUT2D eigenvalue weighted by atomic mass is 10.0. The molecule has 1 aliphatic heterocycles. The average Bonchev–Trinajstić information content (AvgIpc) is 2.17. The number of ether oxygens (including phenoxy) is 1. The highest BCUT2D eigenvalue weighted by Crippen LogP contribution is 2.32. The van der Waals surface area contributed by atoms with E-state index in [2.05, 4.69) is 4.72 Å². The molecule has 1 unspecified atom stereocenters. The van der Waals surface area contributed by atoms with Crippen LogP contribution < -0.4 is 9.46 Å². The molecule has 6 heteroatoms. The molecule has 2 rings (SSSR count). The Bertz CT molecular complexity index is 501. The maximum Gasteiger partial charge on any atom is 0.209 e. The monoisotopic (exact) mass is 245 g/mol. The summed E-state index contributed by atoms with van der Waals surface area (Å²) in [7, 11) is -3.31. The van der Waals surface area contributed by atoms with Gasteiger partial charge < -0.3 is 4.74 Å². The summed E-state index contributed by atoms with van der Waals surface area (Å²) in [6, 6.07) is 3.70. The molecule has 0 fully saturated rings. The zero-order chi connectivity index (χ0) is 11.8. The second-order valence-electron chi connectivity index (χ2n) is 3.76. The maximum absolute atomic E-state index is 13.1. The van der Waals surface area contributed by atoms with Gasteiger partial charge in [0.25, 0.3) is 0 Å². The van der Waals surface area contributed by atoms with Gasteiger partial charge >= 0.3 is 0 Å². The molecule has 1 aromatic rings. The first-order valence-electron chi connectivity index (χ1n) is 4.85. The summed E-state index contributed by atoms with van der Waals surface area (Å²) in [5.41, 5.74) is 0.552. The van der Waals surface area contributed by atoms with Crippen molar-refractivity contribution in [3.63, 3.8) is 0 Å². The Morgan fingerprint density at radius 1 is 1.50 bits per heavy atom. The van der Waals surface area contributed by atoms with Gasteiger partial charge in [-0.15, -0.1) is 0 Å². The fourth-order valence-electron chi connectivity index (χ4n) is 1.75. The number of hydrogen-bond donors (Lipinski definition) is 1. The van der Waals surface area contributed by atoms with Crippen LogP contribution in [0.3, 0.4) is 0 Å². The van der Waals surface area contributed by atoms with Crippen LogP contribution in [0.15, 0.2) is 18.2 Å². The van der Waals surface area contributed by atoms with Crippen LogP contribution in [0.4, 0.5) is 4.39 Å². The summed E-state index contributed by atoms with van der Waals surface area (Å²) >= 11 is 0. The van der Waals surface area contributed by atoms with Crippen LogP contribution in [0.1, 0.15) is 18.0 Å². The Hall–Kier alpha value is -1.14. The van der Waals surface area contributed by atoms with Gasteiger partial charge in [0.1, 0.15) is 11.6 Å². The van der Waals surface area contributed by atoms with Crippen molar-refractivity contribution < 1.29 is 17.5 Å². The SMILES string of the molecule is CS(=O)(=O)NC1CCOc2ccc(F)cc21. The maximum atomic E-state index is 13.1. The number of fused-ring (bicyclic) bond motifs is 1. The van der Waals surface area contributed by atoms with E-state index >= 15 is 0 Å². The minimum Gasteiger partial charge on any atom is -0.493 e. The van der Waals surface area contributed by atoms with E-state index in [9.17, 15) is 12.8 Å². The van der Waals surface area contributed by atoms with Gasteiger partial charge in [0, 0.05) is 12.0 Å². The molecule has 1 heterocycles. The van der Waals surface area contributed by atoms with Crippen LogP contribution in [0.25, 0.3) is 0 Å². The number of rotatable bonds is 2. The van der Waals surface area contributed by atoms with Crippen molar-refractivity contribution in [3.05, 3.63) is 29.6 Å². The highest BCUT2D eigenvalue weighted by atomic mass is 32.2. The van der Waals surface area contributed by atoms with Gasteiger partial charge in [0.05, 0.1) is 18.9 Å². The number of halogens is 1. The third-order valence-corrected chi connectivity index (χ3v) is 3.08. The molecule has 1 aliphatic rings. The fourth-order valence-corrected chi connectivity index (χ4v) is 2.51. The molecule has 0 saturated heterocycles. The molecule has 4 nitrogen and oxygen atoms in total. The third-order valence-electron chi connectivity index (χ3n) is 2.37. The molecular formula is C10H12FNO3S. The first-order chi connectivity index (χ1) is 7.46. The molecule has 0 spiro atoms. The molecule has 1 atom stereocenters. The van der Waals surface area contributed by atoms with E-state index < -0.39 is 21.9 Å². The Labute approximate surface area is 93.5 Å². The summed E-state index contributed by atoms with van der Waals surface area (Å²) in [5.74, 6) is 0.137. The van der Waals surface area contributed by atoms with Crippen LogP contribution in [0.2, 0.25) is 0 Å². The molecule has 0 saturated carbocycles. The highest BCUT2D eigenvalue weighted by molar-refractivity contribution is 7.88. The van der Waals surface area contributed by atoms with Gasteiger partial charge in [-0.2, -0.15) is 0 Å². The van der Waals surface area contributed by atoms with E-state index in [-0.39, 0.29) is 0 Å². The molecule has 16 heavy (non-hydrogen) atoms. The average molecular weight is 245 g/mol. The van der Waals surface area contributed by atoms with Crippen LogP contribution >= 0.6 is 0 Å². The van der Waals surface area contributed by atoms with Crippen molar-refractivity contribution in [1.29, 1.82) is 0 Å². The van der Waals surface area contributed by atoms with E-state index in [1.54, 1.807) is 0 Å². The summed E-state index contributed by atoms with van der Waals surface area (Å²) in [5, 5.41) is 0. The molecule has 0 amide bonds.